The summed E-state index contributed by atoms with van der Waals surface area (Å²) in [5.74, 6) is -1.38. The van der Waals surface area contributed by atoms with Crippen LogP contribution in [0.4, 0.5) is 32.0 Å². The second-order valence-corrected chi connectivity index (χ2v) is 11.3. The number of anilines is 1. The van der Waals surface area contributed by atoms with Crippen molar-refractivity contribution in [1.29, 1.82) is 0 Å². The smallest absolute Gasteiger partial charge is 0.371 e. The lowest BCUT2D eigenvalue weighted by molar-refractivity contribution is -0.262. The molecule has 2 fully saturated rings. The van der Waals surface area contributed by atoms with Gasteiger partial charge in [-0.05, 0) is 74.3 Å². The lowest BCUT2D eigenvalue weighted by Gasteiger charge is -2.40. The Bertz CT molecular complexity index is 1290. The first kappa shape index (κ1) is 31.9. The molecule has 2 N–H and O–H groups in total. The summed E-state index contributed by atoms with van der Waals surface area (Å²) in [6.07, 6.45) is -6.99. The van der Waals surface area contributed by atoms with Crippen LogP contribution < -0.4 is 10.2 Å². The lowest BCUT2D eigenvalue weighted by atomic mass is 9.82. The number of hydrogen-bond acceptors (Lipinski definition) is 4. The van der Waals surface area contributed by atoms with Gasteiger partial charge < -0.3 is 20.2 Å². The number of carbonyl (C=O) groups excluding carboxylic acids is 2. The summed E-state index contributed by atoms with van der Waals surface area (Å²) >= 11 is 6.29. The zero-order chi connectivity index (χ0) is 30.9. The van der Waals surface area contributed by atoms with Gasteiger partial charge in [-0.15, -0.1) is 0 Å². The molecule has 230 valence electrons. The minimum Gasteiger partial charge on any atom is -0.371 e. The zero-order valence-corrected chi connectivity index (χ0v) is 23.6. The molecular formula is C29H32ClF6N3O3. The number of halogens is 7. The predicted octanol–water partition coefficient (Wildman–Crippen LogP) is 6.01. The SMILES string of the molecule is CNC(=O)c1ccc(N2CCC(CC3CCN(C(=O)[C@](O)(c4cccc(C(F)(F)F)c4)C(F)(F)F)CC3)CC2)cc1Cl. The minimum absolute atomic E-state index is 0.0319. The van der Waals surface area contributed by atoms with E-state index in [1.54, 1.807) is 12.1 Å². The van der Waals surface area contributed by atoms with Gasteiger partial charge in [0.1, 0.15) is 0 Å². The van der Waals surface area contributed by atoms with Crippen molar-refractivity contribution in [3.05, 3.63) is 64.2 Å². The molecule has 42 heavy (non-hydrogen) atoms. The molecule has 0 bridgehead atoms. The number of aliphatic hydroxyl groups is 1. The maximum atomic E-state index is 14.0. The highest BCUT2D eigenvalue weighted by molar-refractivity contribution is 6.34. The molecule has 2 aliphatic heterocycles. The van der Waals surface area contributed by atoms with Gasteiger partial charge in [-0.1, -0.05) is 23.7 Å². The Morgan fingerprint density at radius 3 is 2.00 bits per heavy atom. The van der Waals surface area contributed by atoms with Crippen molar-refractivity contribution in [3.8, 4) is 0 Å². The number of amides is 2. The Morgan fingerprint density at radius 1 is 0.905 bits per heavy atom. The third kappa shape index (κ3) is 6.64. The number of rotatable bonds is 6. The first-order chi connectivity index (χ1) is 19.6. The average Bonchev–Trinajstić information content (AvgIpc) is 2.95. The highest BCUT2D eigenvalue weighted by Gasteiger charge is 2.62. The van der Waals surface area contributed by atoms with Gasteiger partial charge in [0.15, 0.2) is 0 Å². The number of nitrogens with one attached hydrogen (secondary N) is 1. The molecule has 6 nitrogen and oxygen atoms in total. The summed E-state index contributed by atoms with van der Waals surface area (Å²) in [4.78, 5) is 28.0. The van der Waals surface area contributed by atoms with E-state index < -0.39 is 35.0 Å². The number of alkyl halides is 6. The summed E-state index contributed by atoms with van der Waals surface area (Å²) < 4.78 is 81.6. The zero-order valence-electron chi connectivity index (χ0n) is 22.9. The predicted molar refractivity (Wildman–Crippen MR) is 145 cm³/mol. The maximum Gasteiger partial charge on any atom is 0.430 e. The van der Waals surface area contributed by atoms with Crippen LogP contribution >= 0.6 is 11.6 Å². The molecule has 0 spiro atoms. The van der Waals surface area contributed by atoms with Gasteiger partial charge in [-0.25, -0.2) is 0 Å². The van der Waals surface area contributed by atoms with E-state index in [0.717, 1.165) is 49.0 Å². The Balaban J connectivity index is 1.34. The summed E-state index contributed by atoms with van der Waals surface area (Å²) in [5, 5.41) is 13.5. The van der Waals surface area contributed by atoms with Crippen LogP contribution in [0.15, 0.2) is 42.5 Å². The molecule has 2 aromatic rings. The number of piperidine rings is 2. The third-order valence-electron chi connectivity index (χ3n) is 8.30. The second kappa shape index (κ2) is 12.3. The van der Waals surface area contributed by atoms with Gasteiger partial charge in [0.25, 0.3) is 17.4 Å². The second-order valence-electron chi connectivity index (χ2n) is 10.9. The molecule has 2 amide bonds. The minimum atomic E-state index is -5.52. The molecule has 0 aliphatic carbocycles. The fraction of sp³-hybridized carbons (Fsp3) is 0.517. The van der Waals surface area contributed by atoms with Crippen molar-refractivity contribution < 1.29 is 41.0 Å². The van der Waals surface area contributed by atoms with E-state index in [1.807, 2.05) is 6.07 Å². The lowest BCUT2D eigenvalue weighted by Crippen LogP contribution is -2.57. The van der Waals surface area contributed by atoms with E-state index in [-0.39, 0.29) is 31.0 Å². The summed E-state index contributed by atoms with van der Waals surface area (Å²) in [7, 11) is 1.53. The van der Waals surface area contributed by atoms with Crippen LogP contribution in [0, 0.1) is 11.8 Å². The van der Waals surface area contributed by atoms with Crippen LogP contribution in [0.5, 0.6) is 0 Å². The van der Waals surface area contributed by atoms with Crippen molar-refractivity contribution in [3.63, 3.8) is 0 Å². The van der Waals surface area contributed by atoms with E-state index in [2.05, 4.69) is 10.2 Å². The van der Waals surface area contributed by atoms with Crippen LogP contribution in [-0.4, -0.2) is 61.2 Å². The highest BCUT2D eigenvalue weighted by atomic mass is 35.5. The van der Waals surface area contributed by atoms with E-state index in [1.165, 1.54) is 7.05 Å². The third-order valence-corrected chi connectivity index (χ3v) is 8.61. The Labute approximate surface area is 244 Å². The van der Waals surface area contributed by atoms with E-state index >= 15 is 0 Å². The van der Waals surface area contributed by atoms with E-state index in [0.29, 0.717) is 41.5 Å². The molecule has 2 aliphatic rings. The number of carbonyl (C=O) groups is 2. The number of benzene rings is 2. The topological polar surface area (TPSA) is 72.9 Å². The molecule has 2 saturated heterocycles. The molecule has 4 rings (SSSR count). The molecule has 0 unspecified atom stereocenters. The largest absolute Gasteiger partial charge is 0.430 e. The normalized spacial score (nSPS) is 19.0. The highest BCUT2D eigenvalue weighted by Crippen LogP contribution is 2.43. The van der Waals surface area contributed by atoms with E-state index in [9.17, 15) is 41.0 Å². The molecular weight excluding hydrogens is 588 g/mol. The molecule has 0 radical (unpaired) electrons. The molecule has 0 saturated carbocycles. The van der Waals surface area contributed by atoms with Gasteiger partial charge in [-0.2, -0.15) is 26.3 Å². The van der Waals surface area contributed by atoms with Crippen molar-refractivity contribution in [1.82, 2.24) is 10.2 Å². The summed E-state index contributed by atoms with van der Waals surface area (Å²) in [5.41, 5.74) is -5.32. The standard InChI is InChI=1S/C29H32ClF6N3O3/c1-37-25(40)23-6-5-22(17-24(23)30)38-11-7-18(8-12-38)15-19-9-13-39(14-10-19)26(41)27(42,29(34,35)36)20-3-2-4-21(16-20)28(31,32)33/h2-6,16-19,42H,7-15H2,1H3,(H,37,40)/t27-/m1/s1. The molecule has 2 heterocycles. The van der Waals surface area contributed by atoms with Crippen molar-refractivity contribution in [2.45, 2.75) is 50.1 Å². The van der Waals surface area contributed by atoms with Gasteiger partial charge in [0, 0.05) is 44.5 Å². The Morgan fingerprint density at radius 2 is 1.48 bits per heavy atom. The number of likely N-dealkylation sites (tertiary alicyclic amines) is 1. The number of hydrogen-bond donors (Lipinski definition) is 2. The molecule has 2 aromatic carbocycles. The Kier molecular flexibility index (Phi) is 9.37. The Hall–Kier alpha value is -2.99. The maximum absolute atomic E-state index is 14.0. The first-order valence-corrected chi connectivity index (χ1v) is 14.1. The van der Waals surface area contributed by atoms with Crippen molar-refractivity contribution >= 4 is 29.1 Å². The van der Waals surface area contributed by atoms with Crippen LogP contribution in [-0.2, 0) is 16.6 Å². The molecule has 1 atom stereocenters. The van der Waals surface area contributed by atoms with Gasteiger partial charge in [0.2, 0.25) is 0 Å². The van der Waals surface area contributed by atoms with Crippen molar-refractivity contribution in [2.24, 2.45) is 11.8 Å². The van der Waals surface area contributed by atoms with Crippen LogP contribution in [0.25, 0.3) is 0 Å². The van der Waals surface area contributed by atoms with Gasteiger partial charge in [0.05, 0.1) is 16.1 Å². The first-order valence-electron chi connectivity index (χ1n) is 13.7. The van der Waals surface area contributed by atoms with E-state index in [4.69, 9.17) is 11.6 Å². The fourth-order valence-electron chi connectivity index (χ4n) is 5.85. The van der Waals surface area contributed by atoms with Crippen LogP contribution in [0.1, 0.15) is 53.6 Å². The summed E-state index contributed by atoms with van der Waals surface area (Å²) in [6.45, 7) is 1.48. The van der Waals surface area contributed by atoms with Gasteiger partial charge in [-0.3, -0.25) is 9.59 Å². The monoisotopic (exact) mass is 619 g/mol. The molecule has 13 heteroatoms. The van der Waals surface area contributed by atoms with Gasteiger partial charge >= 0.3 is 12.4 Å². The van der Waals surface area contributed by atoms with Crippen LogP contribution in [0.2, 0.25) is 5.02 Å². The average molecular weight is 620 g/mol. The fourth-order valence-corrected chi connectivity index (χ4v) is 6.11. The quantitative estimate of drug-likeness (QED) is 0.389. The van der Waals surface area contributed by atoms with Crippen molar-refractivity contribution in [2.75, 3.05) is 38.1 Å². The van der Waals surface area contributed by atoms with Crippen LogP contribution in [0.3, 0.4) is 0 Å². The summed E-state index contributed by atoms with van der Waals surface area (Å²) in [6, 6.07) is 7.49. The number of nitrogens with zero attached hydrogens (tertiary/aromatic N) is 2. The molecule has 0 aromatic heterocycles.